The average Bonchev–Trinajstić information content (AvgIpc) is 2.96. The van der Waals surface area contributed by atoms with E-state index in [2.05, 4.69) is 31.2 Å². The number of likely N-dealkylation sites (tertiary alicyclic amines) is 1. The van der Waals surface area contributed by atoms with Gasteiger partial charge in [0.2, 0.25) is 5.91 Å². The topological polar surface area (TPSA) is 46.3 Å². The molecule has 3 rings (SSSR count). The van der Waals surface area contributed by atoms with E-state index in [-0.39, 0.29) is 24.4 Å². The number of nitrogens with two attached hydrogens (primary N) is 1. The number of halogens is 1. The summed E-state index contributed by atoms with van der Waals surface area (Å²) in [4.78, 5) is 14.8. The molecule has 1 fully saturated rings. The van der Waals surface area contributed by atoms with Gasteiger partial charge in [-0.2, -0.15) is 0 Å². The second kappa shape index (κ2) is 7.82. The van der Waals surface area contributed by atoms with Crippen molar-refractivity contribution >= 4 is 18.3 Å². The number of nitrogens with zero attached hydrogens (tertiary/aromatic N) is 1. The first kappa shape index (κ1) is 18.5. The molecule has 0 radical (unpaired) electrons. The van der Waals surface area contributed by atoms with Crippen molar-refractivity contribution in [3.05, 3.63) is 71.3 Å². The summed E-state index contributed by atoms with van der Waals surface area (Å²) in [6, 6.07) is 18.0. The molecule has 1 amide bonds. The lowest BCUT2D eigenvalue weighted by Crippen LogP contribution is -2.41. The normalized spacial score (nSPS) is 21.2. The van der Waals surface area contributed by atoms with E-state index in [9.17, 15) is 4.79 Å². The summed E-state index contributed by atoms with van der Waals surface area (Å²) < 4.78 is 0. The van der Waals surface area contributed by atoms with Crippen LogP contribution in [0.5, 0.6) is 0 Å². The Bertz CT molecular complexity index is 672. The number of benzene rings is 2. The van der Waals surface area contributed by atoms with Gasteiger partial charge in [0.15, 0.2) is 0 Å². The number of aryl methyl sites for hydroxylation is 1. The Morgan fingerprint density at radius 2 is 1.75 bits per heavy atom. The number of rotatable bonds is 3. The standard InChI is InChI=1S/C20H24N2O.ClH/c1-14-8-10-17(11-9-14)19(21)20(23)22-13-12-18(15(22)2)16-6-4-3-5-7-16;/h3-11,15,18-19H,12-13,21H2,1-2H3;1H. The fraction of sp³-hybridized carbons (Fsp3) is 0.350. The Morgan fingerprint density at radius 1 is 1.12 bits per heavy atom. The van der Waals surface area contributed by atoms with Crippen LogP contribution in [-0.2, 0) is 4.79 Å². The van der Waals surface area contributed by atoms with Crippen LogP contribution >= 0.6 is 12.4 Å². The SMILES string of the molecule is Cc1ccc(C(N)C(=O)N2CCC(c3ccccc3)C2C)cc1.Cl. The van der Waals surface area contributed by atoms with Gasteiger partial charge in [0, 0.05) is 18.5 Å². The molecule has 2 aromatic carbocycles. The van der Waals surface area contributed by atoms with Crippen LogP contribution in [0.25, 0.3) is 0 Å². The summed E-state index contributed by atoms with van der Waals surface area (Å²) in [5, 5.41) is 0. The van der Waals surface area contributed by atoms with E-state index in [0.717, 1.165) is 18.5 Å². The van der Waals surface area contributed by atoms with Gasteiger partial charge in [0.05, 0.1) is 0 Å². The first-order chi connectivity index (χ1) is 11.1. The molecule has 1 aliphatic heterocycles. The van der Waals surface area contributed by atoms with Gasteiger partial charge in [-0.3, -0.25) is 4.79 Å². The van der Waals surface area contributed by atoms with Gasteiger partial charge in [-0.15, -0.1) is 12.4 Å². The highest BCUT2D eigenvalue weighted by molar-refractivity contribution is 5.85. The van der Waals surface area contributed by atoms with Crippen LogP contribution in [0.2, 0.25) is 0 Å². The Labute approximate surface area is 150 Å². The van der Waals surface area contributed by atoms with Crippen molar-refractivity contribution in [2.45, 2.75) is 38.3 Å². The summed E-state index contributed by atoms with van der Waals surface area (Å²) >= 11 is 0. The van der Waals surface area contributed by atoms with Crippen LogP contribution in [0.1, 0.15) is 42.0 Å². The van der Waals surface area contributed by atoms with E-state index < -0.39 is 6.04 Å². The minimum atomic E-state index is -0.576. The molecule has 1 heterocycles. The number of hydrogen-bond acceptors (Lipinski definition) is 2. The molecule has 128 valence electrons. The van der Waals surface area contributed by atoms with Crippen LogP contribution in [0.15, 0.2) is 54.6 Å². The second-order valence-electron chi connectivity index (χ2n) is 6.47. The van der Waals surface area contributed by atoms with Crippen molar-refractivity contribution in [3.63, 3.8) is 0 Å². The number of carbonyl (C=O) groups excluding carboxylic acids is 1. The molecule has 0 aromatic heterocycles. The Balaban J connectivity index is 0.00000208. The highest BCUT2D eigenvalue weighted by Gasteiger charge is 2.36. The van der Waals surface area contributed by atoms with Gasteiger partial charge in [-0.05, 0) is 31.4 Å². The van der Waals surface area contributed by atoms with E-state index in [0.29, 0.717) is 5.92 Å². The Kier molecular flexibility index (Phi) is 6.03. The molecule has 4 heteroatoms. The molecule has 0 saturated carbocycles. The minimum absolute atomic E-state index is 0. The summed E-state index contributed by atoms with van der Waals surface area (Å²) in [6.45, 7) is 4.94. The van der Waals surface area contributed by atoms with Crippen molar-refractivity contribution in [2.24, 2.45) is 5.73 Å². The van der Waals surface area contributed by atoms with Crippen molar-refractivity contribution in [3.8, 4) is 0 Å². The summed E-state index contributed by atoms with van der Waals surface area (Å²) in [6.07, 6.45) is 0.998. The van der Waals surface area contributed by atoms with E-state index in [4.69, 9.17) is 5.73 Å². The van der Waals surface area contributed by atoms with Crippen molar-refractivity contribution in [1.29, 1.82) is 0 Å². The van der Waals surface area contributed by atoms with Crippen LogP contribution in [0, 0.1) is 6.92 Å². The molecule has 0 bridgehead atoms. The third-order valence-corrected chi connectivity index (χ3v) is 4.97. The molecule has 2 N–H and O–H groups in total. The zero-order valence-electron chi connectivity index (χ0n) is 14.2. The van der Waals surface area contributed by atoms with Gasteiger partial charge in [-0.25, -0.2) is 0 Å². The van der Waals surface area contributed by atoms with E-state index in [1.807, 2.05) is 42.2 Å². The maximum atomic E-state index is 12.8. The zero-order chi connectivity index (χ0) is 16.4. The monoisotopic (exact) mass is 344 g/mol. The maximum Gasteiger partial charge on any atom is 0.244 e. The molecule has 3 atom stereocenters. The highest BCUT2D eigenvalue weighted by Crippen LogP contribution is 2.34. The van der Waals surface area contributed by atoms with Crippen LogP contribution < -0.4 is 5.73 Å². The second-order valence-corrected chi connectivity index (χ2v) is 6.47. The zero-order valence-corrected chi connectivity index (χ0v) is 15.0. The third kappa shape index (κ3) is 3.63. The molecule has 1 aliphatic rings. The van der Waals surface area contributed by atoms with E-state index in [1.54, 1.807) is 0 Å². The van der Waals surface area contributed by atoms with Crippen molar-refractivity contribution in [2.75, 3.05) is 6.54 Å². The Morgan fingerprint density at radius 3 is 2.38 bits per heavy atom. The smallest absolute Gasteiger partial charge is 0.244 e. The molecule has 0 aliphatic carbocycles. The lowest BCUT2D eigenvalue weighted by molar-refractivity contribution is -0.133. The van der Waals surface area contributed by atoms with E-state index >= 15 is 0 Å². The minimum Gasteiger partial charge on any atom is -0.338 e. The predicted molar refractivity (Wildman–Crippen MR) is 100 cm³/mol. The van der Waals surface area contributed by atoms with Gasteiger partial charge in [0.1, 0.15) is 6.04 Å². The third-order valence-electron chi connectivity index (χ3n) is 4.97. The molecular weight excluding hydrogens is 320 g/mol. The molecular formula is C20H25ClN2O. The van der Waals surface area contributed by atoms with Crippen LogP contribution in [0.4, 0.5) is 0 Å². The van der Waals surface area contributed by atoms with Crippen LogP contribution in [-0.4, -0.2) is 23.4 Å². The number of carbonyl (C=O) groups is 1. The predicted octanol–water partition coefficient (Wildman–Crippen LogP) is 3.82. The summed E-state index contributed by atoms with van der Waals surface area (Å²) in [5.74, 6) is 0.421. The van der Waals surface area contributed by atoms with Crippen molar-refractivity contribution in [1.82, 2.24) is 4.90 Å². The number of amides is 1. The lowest BCUT2D eigenvalue weighted by Gasteiger charge is -2.27. The van der Waals surface area contributed by atoms with Gasteiger partial charge >= 0.3 is 0 Å². The fourth-order valence-electron chi connectivity index (χ4n) is 3.49. The quantitative estimate of drug-likeness (QED) is 0.920. The molecule has 0 spiro atoms. The average molecular weight is 345 g/mol. The first-order valence-electron chi connectivity index (χ1n) is 8.25. The molecule has 3 nitrogen and oxygen atoms in total. The van der Waals surface area contributed by atoms with Gasteiger partial charge in [-0.1, -0.05) is 60.2 Å². The Hall–Kier alpha value is -1.84. The highest BCUT2D eigenvalue weighted by atomic mass is 35.5. The maximum absolute atomic E-state index is 12.8. The molecule has 1 saturated heterocycles. The first-order valence-corrected chi connectivity index (χ1v) is 8.25. The lowest BCUT2D eigenvalue weighted by atomic mass is 9.92. The largest absolute Gasteiger partial charge is 0.338 e. The van der Waals surface area contributed by atoms with Crippen LogP contribution in [0.3, 0.4) is 0 Å². The molecule has 2 aromatic rings. The molecule has 24 heavy (non-hydrogen) atoms. The van der Waals surface area contributed by atoms with Gasteiger partial charge in [0.25, 0.3) is 0 Å². The number of hydrogen-bond donors (Lipinski definition) is 1. The van der Waals surface area contributed by atoms with E-state index in [1.165, 1.54) is 11.1 Å². The van der Waals surface area contributed by atoms with Crippen molar-refractivity contribution < 1.29 is 4.79 Å². The molecule has 3 unspecified atom stereocenters. The summed E-state index contributed by atoms with van der Waals surface area (Å²) in [5.41, 5.74) is 9.59. The summed E-state index contributed by atoms with van der Waals surface area (Å²) in [7, 11) is 0. The van der Waals surface area contributed by atoms with Gasteiger partial charge < -0.3 is 10.6 Å². The fourth-order valence-corrected chi connectivity index (χ4v) is 3.49.